The van der Waals surface area contributed by atoms with Crippen molar-refractivity contribution in [2.75, 3.05) is 0 Å². The van der Waals surface area contributed by atoms with Gasteiger partial charge in [0, 0.05) is 6.20 Å². The summed E-state index contributed by atoms with van der Waals surface area (Å²) in [5.41, 5.74) is -3.94. The number of aromatic carboxylic acids is 1. The van der Waals surface area contributed by atoms with E-state index in [1.807, 2.05) is 0 Å². The van der Waals surface area contributed by atoms with Crippen molar-refractivity contribution in [3.63, 3.8) is 0 Å². The number of nitrogens with zero attached hydrogens (tertiary/aromatic N) is 1. The number of aromatic nitrogens is 2. The van der Waals surface area contributed by atoms with Crippen LogP contribution in [0.15, 0.2) is 11.0 Å². The topological polar surface area (TPSA) is 115 Å². The first kappa shape index (κ1) is 13.1. The van der Waals surface area contributed by atoms with Crippen LogP contribution < -0.4 is 5.69 Å². The molecule has 1 aromatic heterocycles. The van der Waals surface area contributed by atoms with Crippen LogP contribution in [0.2, 0.25) is 0 Å². The molecule has 0 aliphatic rings. The lowest BCUT2D eigenvalue weighted by molar-refractivity contribution is -0.141. The maximum atomic E-state index is 12.1. The molecule has 0 saturated heterocycles. The molecular weight excluding hydrogens is 221 g/mol. The van der Waals surface area contributed by atoms with E-state index in [-0.39, 0.29) is 5.48 Å². The van der Waals surface area contributed by atoms with Crippen LogP contribution in [-0.2, 0) is 6.18 Å². The maximum absolute atomic E-state index is 12.1. The molecule has 0 fully saturated rings. The fraction of sp³-hybridized carbons (Fsp3) is 0.167. The Balaban J connectivity index is 0.00000196. The van der Waals surface area contributed by atoms with Gasteiger partial charge in [-0.2, -0.15) is 13.2 Å². The lowest BCUT2D eigenvalue weighted by atomic mass is 10.2. The Morgan fingerprint density at radius 2 is 2.00 bits per heavy atom. The Bertz CT molecular complexity index is 425. The summed E-state index contributed by atoms with van der Waals surface area (Å²) in [7, 11) is 0. The normalized spacial score (nSPS) is 10.6. The SMILES string of the molecule is O.O=C(O)c1cnc(=O)[nH]c1C(F)(F)F. The molecule has 0 radical (unpaired) electrons. The van der Waals surface area contributed by atoms with Gasteiger partial charge in [-0.25, -0.2) is 14.6 Å². The third-order valence-corrected chi connectivity index (χ3v) is 1.33. The molecule has 1 rings (SSSR count). The number of carbonyl (C=O) groups is 1. The van der Waals surface area contributed by atoms with E-state index in [0.717, 1.165) is 0 Å². The van der Waals surface area contributed by atoms with Crippen LogP contribution in [0, 0.1) is 0 Å². The Morgan fingerprint density at radius 1 is 1.47 bits per heavy atom. The molecule has 9 heteroatoms. The maximum Gasteiger partial charge on any atom is 0.432 e. The average molecular weight is 226 g/mol. The van der Waals surface area contributed by atoms with Crippen molar-refractivity contribution in [1.29, 1.82) is 0 Å². The van der Waals surface area contributed by atoms with Crippen molar-refractivity contribution in [3.05, 3.63) is 27.9 Å². The average Bonchev–Trinajstić information content (AvgIpc) is 2.01. The van der Waals surface area contributed by atoms with Gasteiger partial charge in [-0.15, -0.1) is 0 Å². The fourth-order valence-electron chi connectivity index (χ4n) is 0.780. The van der Waals surface area contributed by atoms with Crippen molar-refractivity contribution < 1.29 is 28.5 Å². The Kier molecular flexibility index (Phi) is 3.57. The van der Waals surface area contributed by atoms with Crippen LogP contribution in [0.4, 0.5) is 13.2 Å². The summed E-state index contributed by atoms with van der Waals surface area (Å²) in [4.78, 5) is 25.0. The van der Waals surface area contributed by atoms with Gasteiger partial charge in [0.1, 0.15) is 11.3 Å². The highest BCUT2D eigenvalue weighted by molar-refractivity contribution is 5.88. The second-order valence-corrected chi connectivity index (χ2v) is 2.28. The minimum absolute atomic E-state index is 0. The van der Waals surface area contributed by atoms with Gasteiger partial charge >= 0.3 is 17.8 Å². The number of carboxylic acid groups (broad SMARTS) is 1. The molecule has 84 valence electrons. The van der Waals surface area contributed by atoms with Crippen LogP contribution in [0.25, 0.3) is 0 Å². The van der Waals surface area contributed by atoms with Gasteiger partial charge in [0.25, 0.3) is 0 Å². The molecule has 4 N–H and O–H groups in total. The van der Waals surface area contributed by atoms with Crippen molar-refractivity contribution in [1.82, 2.24) is 9.97 Å². The highest BCUT2D eigenvalue weighted by Gasteiger charge is 2.36. The molecular formula is C6H5F3N2O4. The summed E-state index contributed by atoms with van der Waals surface area (Å²) in [5, 5.41) is 8.36. The number of carboxylic acids is 1. The quantitative estimate of drug-likeness (QED) is 0.681. The number of rotatable bonds is 1. The van der Waals surface area contributed by atoms with Gasteiger partial charge in [-0.3, -0.25) is 0 Å². The molecule has 1 heterocycles. The summed E-state index contributed by atoms with van der Waals surface area (Å²) in [5.74, 6) is -1.80. The van der Waals surface area contributed by atoms with Gasteiger partial charge < -0.3 is 15.6 Å². The smallest absolute Gasteiger partial charge is 0.432 e. The number of H-pyrrole nitrogens is 1. The van der Waals surface area contributed by atoms with Gasteiger partial charge in [0.15, 0.2) is 0 Å². The van der Waals surface area contributed by atoms with Crippen LogP contribution in [-0.4, -0.2) is 26.5 Å². The summed E-state index contributed by atoms with van der Waals surface area (Å²) < 4.78 is 36.4. The second-order valence-electron chi connectivity index (χ2n) is 2.28. The van der Waals surface area contributed by atoms with Gasteiger partial charge in [0.2, 0.25) is 0 Å². The molecule has 1 aromatic rings. The molecule has 0 spiro atoms. The molecule has 0 aliphatic carbocycles. The first-order chi connectivity index (χ1) is 6.32. The zero-order valence-electron chi connectivity index (χ0n) is 6.92. The second kappa shape index (κ2) is 4.09. The molecule has 0 unspecified atom stereocenters. The number of aromatic amines is 1. The van der Waals surface area contributed by atoms with E-state index in [1.54, 1.807) is 0 Å². The van der Waals surface area contributed by atoms with Gasteiger partial charge in [-0.05, 0) is 0 Å². The number of hydrogen-bond donors (Lipinski definition) is 2. The Labute approximate surface area is 79.7 Å². The molecule has 0 atom stereocenters. The largest absolute Gasteiger partial charge is 0.478 e. The Hall–Kier alpha value is -1.90. The number of halogens is 3. The number of nitrogens with one attached hydrogen (secondary N) is 1. The van der Waals surface area contributed by atoms with Crippen LogP contribution >= 0.6 is 0 Å². The van der Waals surface area contributed by atoms with Crippen LogP contribution in [0.1, 0.15) is 16.1 Å². The van der Waals surface area contributed by atoms with Crippen LogP contribution in [0.3, 0.4) is 0 Å². The minimum atomic E-state index is -4.92. The zero-order valence-corrected chi connectivity index (χ0v) is 6.92. The fourth-order valence-corrected chi connectivity index (χ4v) is 0.780. The third-order valence-electron chi connectivity index (χ3n) is 1.33. The molecule has 15 heavy (non-hydrogen) atoms. The first-order valence-electron chi connectivity index (χ1n) is 3.22. The molecule has 0 aromatic carbocycles. The summed E-state index contributed by atoms with van der Waals surface area (Å²) in [6.45, 7) is 0. The molecule has 0 bridgehead atoms. The lowest BCUT2D eigenvalue weighted by Gasteiger charge is -2.07. The van der Waals surface area contributed by atoms with E-state index >= 15 is 0 Å². The number of alkyl halides is 3. The van der Waals surface area contributed by atoms with Crippen LogP contribution in [0.5, 0.6) is 0 Å². The summed E-state index contributed by atoms with van der Waals surface area (Å²) in [6, 6.07) is 0. The van der Waals surface area contributed by atoms with Crippen molar-refractivity contribution in [2.24, 2.45) is 0 Å². The van der Waals surface area contributed by atoms with E-state index in [1.165, 1.54) is 4.98 Å². The standard InChI is InChI=1S/C6H3F3N2O3.H2O/c7-6(8,9)3-2(4(12)13)1-10-5(14)11-3;/h1H,(H,12,13)(H,10,11,14);1H2. The van der Waals surface area contributed by atoms with Crippen molar-refractivity contribution >= 4 is 5.97 Å². The van der Waals surface area contributed by atoms with Crippen molar-refractivity contribution in [3.8, 4) is 0 Å². The lowest BCUT2D eigenvalue weighted by Crippen LogP contribution is -2.23. The zero-order chi connectivity index (χ0) is 10.9. The van der Waals surface area contributed by atoms with E-state index in [0.29, 0.717) is 6.20 Å². The molecule has 0 aliphatic heterocycles. The summed E-state index contributed by atoms with van der Waals surface area (Å²) in [6.07, 6.45) is -4.56. The van der Waals surface area contributed by atoms with E-state index in [4.69, 9.17) is 5.11 Å². The minimum Gasteiger partial charge on any atom is -0.478 e. The van der Waals surface area contributed by atoms with E-state index in [9.17, 15) is 22.8 Å². The number of hydrogen-bond acceptors (Lipinski definition) is 3. The molecule has 0 amide bonds. The summed E-state index contributed by atoms with van der Waals surface area (Å²) >= 11 is 0. The van der Waals surface area contributed by atoms with Gasteiger partial charge in [-0.1, -0.05) is 0 Å². The van der Waals surface area contributed by atoms with Crippen molar-refractivity contribution in [2.45, 2.75) is 6.18 Å². The molecule has 0 saturated carbocycles. The highest BCUT2D eigenvalue weighted by atomic mass is 19.4. The molecule has 6 nitrogen and oxygen atoms in total. The monoisotopic (exact) mass is 226 g/mol. The van der Waals surface area contributed by atoms with E-state index in [2.05, 4.69) is 4.98 Å². The highest BCUT2D eigenvalue weighted by Crippen LogP contribution is 2.28. The Morgan fingerprint density at radius 3 is 2.40 bits per heavy atom. The van der Waals surface area contributed by atoms with E-state index < -0.39 is 29.1 Å². The predicted octanol–water partition coefficient (Wildman–Crippen LogP) is -0.338. The third kappa shape index (κ3) is 2.77. The first-order valence-corrected chi connectivity index (χ1v) is 3.22. The van der Waals surface area contributed by atoms with Gasteiger partial charge in [0.05, 0.1) is 0 Å². The predicted molar refractivity (Wildman–Crippen MR) is 40.4 cm³/mol.